The van der Waals surface area contributed by atoms with E-state index in [1.807, 2.05) is 18.2 Å². The Labute approximate surface area is 223 Å². The minimum absolute atomic E-state index is 0.116. The Morgan fingerprint density at radius 3 is 2.62 bits per heavy atom. The van der Waals surface area contributed by atoms with Crippen molar-refractivity contribution in [2.45, 2.75) is 39.0 Å². The average molecular weight is 531 g/mol. The SMILES string of the molecule is COc1cccc(NC(=O)[C@@H]2C[C@@H](F)CN2C(=O)Cn2cc(C(C)=O)c3cc(-c4cnc(C)nc4)ccc32)n1. The molecule has 0 saturated carbocycles. The van der Waals surface area contributed by atoms with Crippen molar-refractivity contribution in [2.24, 2.45) is 0 Å². The summed E-state index contributed by atoms with van der Waals surface area (Å²) in [6.07, 6.45) is 3.60. The molecule has 3 aromatic heterocycles. The lowest BCUT2D eigenvalue weighted by atomic mass is 10.0. The van der Waals surface area contributed by atoms with Gasteiger partial charge in [-0.15, -0.1) is 0 Å². The van der Waals surface area contributed by atoms with Crippen molar-refractivity contribution < 1.29 is 23.5 Å². The zero-order chi connectivity index (χ0) is 27.7. The van der Waals surface area contributed by atoms with E-state index in [-0.39, 0.29) is 31.1 Å². The van der Waals surface area contributed by atoms with Gasteiger partial charge in [0, 0.05) is 53.1 Å². The van der Waals surface area contributed by atoms with E-state index < -0.39 is 24.0 Å². The van der Waals surface area contributed by atoms with Crippen LogP contribution in [-0.4, -0.2) is 67.9 Å². The summed E-state index contributed by atoms with van der Waals surface area (Å²) < 4.78 is 21.2. The third-order valence-corrected chi connectivity index (χ3v) is 6.74. The second-order valence-electron chi connectivity index (χ2n) is 9.43. The largest absolute Gasteiger partial charge is 0.481 e. The lowest BCUT2D eigenvalue weighted by Crippen LogP contribution is -2.44. The van der Waals surface area contributed by atoms with E-state index in [1.165, 1.54) is 18.9 Å². The van der Waals surface area contributed by atoms with Gasteiger partial charge in [0.15, 0.2) is 5.78 Å². The Morgan fingerprint density at radius 1 is 1.13 bits per heavy atom. The molecule has 1 fully saturated rings. The smallest absolute Gasteiger partial charge is 0.248 e. The van der Waals surface area contributed by atoms with Gasteiger partial charge in [0.25, 0.3) is 0 Å². The number of hydrogen-bond donors (Lipinski definition) is 1. The molecule has 4 heterocycles. The first-order chi connectivity index (χ1) is 18.7. The maximum Gasteiger partial charge on any atom is 0.248 e. The molecule has 0 aliphatic carbocycles. The fraction of sp³-hybridized carbons (Fsp3) is 0.286. The van der Waals surface area contributed by atoms with Crippen LogP contribution in [0, 0.1) is 6.92 Å². The number of carbonyl (C=O) groups is 3. The van der Waals surface area contributed by atoms with Crippen LogP contribution in [0.1, 0.15) is 29.5 Å². The summed E-state index contributed by atoms with van der Waals surface area (Å²) >= 11 is 0. The minimum atomic E-state index is -1.34. The number of benzene rings is 1. The van der Waals surface area contributed by atoms with Crippen LogP contribution < -0.4 is 10.1 Å². The molecule has 200 valence electrons. The molecular formula is C28H27FN6O4. The van der Waals surface area contributed by atoms with E-state index in [2.05, 4.69) is 20.3 Å². The van der Waals surface area contributed by atoms with Crippen LogP contribution in [0.25, 0.3) is 22.0 Å². The first kappa shape index (κ1) is 26.0. The topological polar surface area (TPSA) is 119 Å². The summed E-state index contributed by atoms with van der Waals surface area (Å²) in [5.41, 5.74) is 2.75. The zero-order valence-corrected chi connectivity index (χ0v) is 21.7. The van der Waals surface area contributed by atoms with Crippen LogP contribution in [0.4, 0.5) is 10.2 Å². The molecule has 0 bridgehead atoms. The Morgan fingerprint density at radius 2 is 1.90 bits per heavy atom. The molecule has 0 spiro atoms. The van der Waals surface area contributed by atoms with Crippen molar-refractivity contribution in [2.75, 3.05) is 19.0 Å². The summed E-state index contributed by atoms with van der Waals surface area (Å²) in [6.45, 7) is 2.90. The van der Waals surface area contributed by atoms with Gasteiger partial charge in [0.1, 0.15) is 30.4 Å². The van der Waals surface area contributed by atoms with E-state index in [1.54, 1.807) is 48.3 Å². The number of likely N-dealkylation sites (tertiary alicyclic amines) is 1. The number of Topliss-reactive ketones (excluding diaryl/α,β-unsaturated/α-hetero) is 1. The molecule has 1 N–H and O–H groups in total. The van der Waals surface area contributed by atoms with Crippen molar-refractivity contribution >= 4 is 34.3 Å². The Balaban J connectivity index is 1.40. The summed E-state index contributed by atoms with van der Waals surface area (Å²) in [6, 6.07) is 9.44. The quantitative estimate of drug-likeness (QED) is 0.363. The highest BCUT2D eigenvalue weighted by Gasteiger charge is 2.40. The van der Waals surface area contributed by atoms with Crippen molar-refractivity contribution in [3.63, 3.8) is 0 Å². The number of rotatable bonds is 7. The zero-order valence-electron chi connectivity index (χ0n) is 21.7. The molecule has 11 heteroatoms. The highest BCUT2D eigenvalue weighted by atomic mass is 19.1. The van der Waals surface area contributed by atoms with E-state index in [0.717, 1.165) is 11.1 Å². The fourth-order valence-electron chi connectivity index (χ4n) is 4.78. The summed E-state index contributed by atoms with van der Waals surface area (Å²) in [4.78, 5) is 52.7. The number of halogens is 1. The lowest BCUT2D eigenvalue weighted by Gasteiger charge is -2.24. The predicted molar refractivity (Wildman–Crippen MR) is 142 cm³/mol. The number of nitrogens with zero attached hydrogens (tertiary/aromatic N) is 5. The number of pyridine rings is 1. The molecule has 2 atom stereocenters. The monoisotopic (exact) mass is 530 g/mol. The lowest BCUT2D eigenvalue weighted by molar-refractivity contribution is -0.137. The molecule has 0 radical (unpaired) electrons. The minimum Gasteiger partial charge on any atom is -0.481 e. The molecule has 1 saturated heterocycles. The maximum absolute atomic E-state index is 14.5. The highest BCUT2D eigenvalue weighted by Crippen LogP contribution is 2.29. The predicted octanol–water partition coefficient (Wildman–Crippen LogP) is 3.59. The first-order valence-electron chi connectivity index (χ1n) is 12.4. The van der Waals surface area contributed by atoms with Gasteiger partial charge in [-0.25, -0.2) is 14.4 Å². The molecule has 1 aliphatic rings. The van der Waals surface area contributed by atoms with Crippen molar-refractivity contribution in [1.29, 1.82) is 0 Å². The molecular weight excluding hydrogens is 503 g/mol. The van der Waals surface area contributed by atoms with Crippen LogP contribution in [0.3, 0.4) is 0 Å². The second-order valence-corrected chi connectivity index (χ2v) is 9.43. The van der Waals surface area contributed by atoms with Gasteiger partial charge in [0.2, 0.25) is 17.7 Å². The summed E-state index contributed by atoms with van der Waals surface area (Å²) in [5, 5.41) is 3.33. The number of methoxy groups -OCH3 is 1. The normalized spacial score (nSPS) is 16.9. The number of amides is 2. The van der Waals surface area contributed by atoms with Gasteiger partial charge in [-0.2, -0.15) is 4.98 Å². The number of carbonyl (C=O) groups excluding carboxylic acids is 3. The van der Waals surface area contributed by atoms with Crippen molar-refractivity contribution in [3.8, 4) is 17.0 Å². The van der Waals surface area contributed by atoms with Crippen LogP contribution in [-0.2, 0) is 16.1 Å². The van der Waals surface area contributed by atoms with Crippen LogP contribution >= 0.6 is 0 Å². The first-order valence-corrected chi connectivity index (χ1v) is 12.4. The third kappa shape index (κ3) is 5.33. The molecule has 4 aromatic rings. The van der Waals surface area contributed by atoms with Gasteiger partial charge in [-0.3, -0.25) is 14.4 Å². The molecule has 1 aromatic carbocycles. The second kappa shape index (κ2) is 10.6. The number of aromatic nitrogens is 4. The van der Waals surface area contributed by atoms with Gasteiger partial charge in [0.05, 0.1) is 13.7 Å². The van der Waals surface area contributed by atoms with Crippen LogP contribution in [0.15, 0.2) is 55.0 Å². The summed E-state index contributed by atoms with van der Waals surface area (Å²) in [7, 11) is 1.46. The standard InChI is InChI=1S/C28H27FN6O4/c1-16(36)22-14-34(23-8-7-18(9-21(22)23)19-11-30-17(2)31-12-19)15-27(37)35-13-20(29)10-24(35)28(38)33-25-5-4-6-26(32-25)39-3/h4-9,11-12,14,20,24H,10,13,15H2,1-3H3,(H,32,33,38)/t20-,24+/m1/s1. The average Bonchev–Trinajstić information content (AvgIpc) is 3.49. The number of anilines is 1. The molecule has 1 aliphatic heterocycles. The number of alkyl halides is 1. The number of ketones is 1. The molecule has 5 rings (SSSR count). The van der Waals surface area contributed by atoms with Crippen molar-refractivity contribution in [1.82, 2.24) is 24.4 Å². The van der Waals surface area contributed by atoms with Crippen LogP contribution in [0.5, 0.6) is 5.88 Å². The number of aryl methyl sites for hydroxylation is 1. The summed E-state index contributed by atoms with van der Waals surface area (Å²) in [5.74, 6) is 0.0863. The molecule has 0 unspecified atom stereocenters. The maximum atomic E-state index is 14.5. The molecule has 10 nitrogen and oxygen atoms in total. The van der Waals surface area contributed by atoms with E-state index in [4.69, 9.17) is 4.74 Å². The highest BCUT2D eigenvalue weighted by molar-refractivity contribution is 6.08. The van der Waals surface area contributed by atoms with Crippen molar-refractivity contribution in [3.05, 3.63) is 66.4 Å². The third-order valence-electron chi connectivity index (χ3n) is 6.74. The van der Waals surface area contributed by atoms with Crippen LogP contribution in [0.2, 0.25) is 0 Å². The molecule has 2 amide bonds. The van der Waals surface area contributed by atoms with E-state index in [0.29, 0.717) is 28.2 Å². The van der Waals surface area contributed by atoms with Gasteiger partial charge >= 0.3 is 0 Å². The van der Waals surface area contributed by atoms with Gasteiger partial charge in [-0.05, 0) is 37.6 Å². The fourth-order valence-corrected chi connectivity index (χ4v) is 4.78. The van der Waals surface area contributed by atoms with E-state index in [9.17, 15) is 18.8 Å². The van der Waals surface area contributed by atoms with Gasteiger partial charge < -0.3 is 19.5 Å². The Hall–Kier alpha value is -4.67. The number of fused-ring (bicyclic) bond motifs is 1. The Bertz CT molecular complexity index is 1570. The van der Waals surface area contributed by atoms with Gasteiger partial charge in [-0.1, -0.05) is 12.1 Å². The van der Waals surface area contributed by atoms with E-state index >= 15 is 0 Å². The number of hydrogen-bond acceptors (Lipinski definition) is 7. The number of ether oxygens (including phenoxy) is 1. The number of nitrogens with one attached hydrogen (secondary N) is 1. The molecule has 39 heavy (non-hydrogen) atoms. The Kier molecular flexibility index (Phi) is 7.05.